The Hall–Kier alpha value is -2.00. The maximum atomic E-state index is 6.51. The summed E-state index contributed by atoms with van der Waals surface area (Å²) in [5, 5.41) is 0.439. The number of aromatic nitrogens is 1. The Morgan fingerprint density at radius 2 is 2.14 bits per heavy atom. The summed E-state index contributed by atoms with van der Waals surface area (Å²) in [5.41, 5.74) is 6.17. The van der Waals surface area contributed by atoms with Crippen molar-refractivity contribution in [3.8, 4) is 5.75 Å². The molecule has 1 aromatic rings. The van der Waals surface area contributed by atoms with Gasteiger partial charge in [-0.15, -0.1) is 0 Å². The second kappa shape index (κ2) is 6.81. The summed E-state index contributed by atoms with van der Waals surface area (Å²) < 4.78 is 5.99. The molecule has 28 heavy (non-hydrogen) atoms. The van der Waals surface area contributed by atoms with Crippen molar-refractivity contribution in [2.45, 2.75) is 52.5 Å². The molecule has 0 amide bonds. The van der Waals surface area contributed by atoms with Crippen LogP contribution in [0.4, 0.5) is 0 Å². The summed E-state index contributed by atoms with van der Waals surface area (Å²) in [6, 6.07) is 2.10. The van der Waals surface area contributed by atoms with E-state index in [0.717, 1.165) is 41.1 Å². The fraction of sp³-hybridized carbons (Fsp3) is 0.458. The fourth-order valence-corrected chi connectivity index (χ4v) is 4.19. The number of allylic oxidation sites excluding steroid dienone is 4. The van der Waals surface area contributed by atoms with Crippen LogP contribution in [0.2, 0.25) is 5.15 Å². The molecule has 1 aromatic heterocycles. The molecule has 0 bridgehead atoms. The molecule has 4 heteroatoms. The highest BCUT2D eigenvalue weighted by Gasteiger charge is 2.43. The molecule has 1 aliphatic carbocycles. The van der Waals surface area contributed by atoms with E-state index >= 15 is 0 Å². The molecule has 4 rings (SSSR count). The van der Waals surface area contributed by atoms with Crippen LogP contribution in [0.3, 0.4) is 0 Å². The largest absolute Gasteiger partial charge is 0.490 e. The first-order chi connectivity index (χ1) is 13.2. The molecule has 1 atom stereocenters. The van der Waals surface area contributed by atoms with Gasteiger partial charge in [0.2, 0.25) is 0 Å². The van der Waals surface area contributed by atoms with Gasteiger partial charge in [0, 0.05) is 11.7 Å². The van der Waals surface area contributed by atoms with Crippen LogP contribution in [-0.2, 0) is 6.42 Å². The van der Waals surface area contributed by atoms with Crippen LogP contribution >= 0.6 is 11.6 Å². The van der Waals surface area contributed by atoms with Gasteiger partial charge < -0.3 is 9.64 Å². The maximum absolute atomic E-state index is 6.51. The molecule has 0 radical (unpaired) electrons. The molecule has 0 spiro atoms. The van der Waals surface area contributed by atoms with Crippen molar-refractivity contribution in [1.29, 1.82) is 0 Å². The lowest BCUT2D eigenvalue weighted by atomic mass is 9.75. The highest BCUT2D eigenvalue weighted by atomic mass is 35.5. The lowest BCUT2D eigenvalue weighted by molar-refractivity contribution is 0.157. The smallest absolute Gasteiger partial charge is 0.171 e. The molecule has 0 aromatic carbocycles. The Morgan fingerprint density at radius 3 is 2.75 bits per heavy atom. The number of pyridine rings is 1. The Balaban J connectivity index is 1.80. The van der Waals surface area contributed by atoms with Gasteiger partial charge in [-0.1, -0.05) is 38.6 Å². The number of rotatable bonds is 5. The third-order valence-electron chi connectivity index (χ3n) is 6.41. The van der Waals surface area contributed by atoms with Crippen molar-refractivity contribution in [2.24, 2.45) is 11.8 Å². The van der Waals surface area contributed by atoms with Crippen molar-refractivity contribution < 1.29 is 4.74 Å². The minimum absolute atomic E-state index is 0.0799. The number of ether oxygens (including phenoxy) is 1. The van der Waals surface area contributed by atoms with E-state index in [0.29, 0.717) is 22.7 Å². The van der Waals surface area contributed by atoms with Crippen LogP contribution in [-0.4, -0.2) is 22.0 Å². The van der Waals surface area contributed by atoms with Gasteiger partial charge in [-0.2, -0.15) is 0 Å². The first-order valence-electron chi connectivity index (χ1n) is 10.1. The fourth-order valence-electron chi connectivity index (χ4n) is 4.00. The van der Waals surface area contributed by atoms with Crippen molar-refractivity contribution in [1.82, 2.24) is 9.88 Å². The molecule has 2 aliphatic heterocycles. The molecule has 1 fully saturated rings. The predicted octanol–water partition coefficient (Wildman–Crippen LogP) is 6.17. The van der Waals surface area contributed by atoms with Gasteiger partial charge in [0.15, 0.2) is 10.9 Å². The van der Waals surface area contributed by atoms with Crippen molar-refractivity contribution in [2.75, 3.05) is 6.61 Å². The van der Waals surface area contributed by atoms with Crippen molar-refractivity contribution in [3.63, 3.8) is 0 Å². The SMILES string of the molecule is C=C(C)C1=CN2C(=CC1=C)c1nc(Cl)c(OCC3CC3)cc1CC2(C)C(C)C. The molecule has 1 saturated carbocycles. The van der Waals surface area contributed by atoms with Crippen LogP contribution in [0, 0.1) is 11.8 Å². The van der Waals surface area contributed by atoms with Crippen LogP contribution in [0.5, 0.6) is 5.75 Å². The van der Waals surface area contributed by atoms with Crippen LogP contribution in [0.1, 0.15) is 51.8 Å². The molecule has 3 heterocycles. The minimum Gasteiger partial charge on any atom is -0.490 e. The summed E-state index contributed by atoms with van der Waals surface area (Å²) in [6.45, 7) is 18.0. The number of hydrogen-bond acceptors (Lipinski definition) is 3. The second-order valence-corrected chi connectivity index (χ2v) is 9.33. The quantitative estimate of drug-likeness (QED) is 0.556. The first kappa shape index (κ1) is 19.3. The van der Waals surface area contributed by atoms with Crippen LogP contribution in [0.15, 0.2) is 48.2 Å². The number of nitrogens with zero attached hydrogens (tertiary/aromatic N) is 2. The lowest BCUT2D eigenvalue weighted by Gasteiger charge is -2.50. The van der Waals surface area contributed by atoms with Gasteiger partial charge in [0.1, 0.15) is 0 Å². The second-order valence-electron chi connectivity index (χ2n) is 8.98. The van der Waals surface area contributed by atoms with Crippen molar-refractivity contribution >= 4 is 17.3 Å². The Kier molecular flexibility index (Phi) is 4.70. The highest BCUT2D eigenvalue weighted by molar-refractivity contribution is 6.30. The standard InChI is InChI=1S/C24H29ClN2O/c1-14(2)19-12-27-20(9-16(19)5)22-18(11-24(27,6)15(3)4)10-21(23(25)26-22)28-13-17-7-8-17/h9-10,12,15,17H,1,5,7-8,11,13H2,2-4,6H3. The topological polar surface area (TPSA) is 25.4 Å². The number of fused-ring (bicyclic) bond motifs is 3. The Morgan fingerprint density at radius 1 is 1.43 bits per heavy atom. The summed E-state index contributed by atoms with van der Waals surface area (Å²) in [6.07, 6.45) is 7.70. The molecule has 3 nitrogen and oxygen atoms in total. The zero-order valence-corrected chi connectivity index (χ0v) is 18.1. The van der Waals surface area contributed by atoms with Gasteiger partial charge in [-0.3, -0.25) is 0 Å². The Labute approximate surface area is 173 Å². The summed E-state index contributed by atoms with van der Waals surface area (Å²) >= 11 is 6.51. The average molecular weight is 397 g/mol. The number of hydrogen-bond donors (Lipinski definition) is 0. The van der Waals surface area contributed by atoms with Gasteiger partial charge >= 0.3 is 0 Å². The van der Waals surface area contributed by atoms with E-state index < -0.39 is 0 Å². The van der Waals surface area contributed by atoms with E-state index in [4.69, 9.17) is 21.3 Å². The van der Waals surface area contributed by atoms with E-state index in [2.05, 4.69) is 57.2 Å². The first-order valence-corrected chi connectivity index (χ1v) is 10.5. The van der Waals surface area contributed by atoms with E-state index in [1.165, 1.54) is 18.4 Å². The minimum atomic E-state index is -0.0799. The molecular weight excluding hydrogens is 368 g/mol. The van der Waals surface area contributed by atoms with E-state index in [-0.39, 0.29) is 5.54 Å². The third kappa shape index (κ3) is 3.20. The Bertz CT molecular complexity index is 923. The summed E-state index contributed by atoms with van der Waals surface area (Å²) in [7, 11) is 0. The molecular formula is C24H29ClN2O. The maximum Gasteiger partial charge on any atom is 0.171 e. The van der Waals surface area contributed by atoms with Crippen LogP contribution in [0.25, 0.3) is 5.70 Å². The molecule has 0 N–H and O–H groups in total. The van der Waals surface area contributed by atoms with Crippen molar-refractivity contribution in [3.05, 3.63) is 64.6 Å². The van der Waals surface area contributed by atoms with Gasteiger partial charge in [0.05, 0.1) is 18.0 Å². The average Bonchev–Trinajstić information content (AvgIpc) is 3.44. The normalized spacial score (nSPS) is 23.8. The monoisotopic (exact) mass is 396 g/mol. The molecule has 148 valence electrons. The third-order valence-corrected chi connectivity index (χ3v) is 6.68. The van der Waals surface area contributed by atoms with E-state index in [1.807, 2.05) is 6.92 Å². The highest BCUT2D eigenvalue weighted by Crippen LogP contribution is 2.47. The van der Waals surface area contributed by atoms with Crippen LogP contribution < -0.4 is 4.74 Å². The van der Waals surface area contributed by atoms with Gasteiger partial charge in [-0.25, -0.2) is 4.98 Å². The summed E-state index contributed by atoms with van der Waals surface area (Å²) in [4.78, 5) is 7.12. The molecule has 0 saturated heterocycles. The number of halogens is 1. The van der Waals surface area contributed by atoms with E-state index in [1.54, 1.807) is 0 Å². The zero-order chi connectivity index (χ0) is 20.2. The zero-order valence-electron chi connectivity index (χ0n) is 17.3. The van der Waals surface area contributed by atoms with E-state index in [9.17, 15) is 0 Å². The predicted molar refractivity (Wildman–Crippen MR) is 116 cm³/mol. The molecule has 3 aliphatic rings. The van der Waals surface area contributed by atoms with Gasteiger partial charge in [-0.05, 0) is 79.4 Å². The lowest BCUT2D eigenvalue weighted by Crippen LogP contribution is -2.52. The summed E-state index contributed by atoms with van der Waals surface area (Å²) in [5.74, 6) is 1.82. The van der Waals surface area contributed by atoms with Gasteiger partial charge in [0.25, 0.3) is 0 Å². The molecule has 1 unspecified atom stereocenters.